The minimum atomic E-state index is -0.726. The lowest BCUT2D eigenvalue weighted by molar-refractivity contribution is 0.0325. The summed E-state index contributed by atoms with van der Waals surface area (Å²) < 4.78 is 10.0. The summed E-state index contributed by atoms with van der Waals surface area (Å²) in [6.45, 7) is 0.241. The van der Waals surface area contributed by atoms with Gasteiger partial charge in [-0.1, -0.05) is 17.7 Å². The topological polar surface area (TPSA) is 62.5 Å². The van der Waals surface area contributed by atoms with Crippen LogP contribution in [0, 0.1) is 11.3 Å². The van der Waals surface area contributed by atoms with Gasteiger partial charge in [0, 0.05) is 7.11 Å². The monoisotopic (exact) mass is 241 g/mol. The highest BCUT2D eigenvalue weighted by Gasteiger charge is 2.10. The van der Waals surface area contributed by atoms with Crippen molar-refractivity contribution in [2.24, 2.45) is 0 Å². The maximum Gasteiger partial charge on any atom is 0.138 e. The number of ether oxygens (including phenoxy) is 2. The largest absolute Gasteiger partial charge is 0.489 e. The van der Waals surface area contributed by atoms with Crippen molar-refractivity contribution in [3.8, 4) is 11.8 Å². The first-order valence-corrected chi connectivity index (χ1v) is 5.05. The summed E-state index contributed by atoms with van der Waals surface area (Å²) in [6, 6.07) is 6.87. The smallest absolute Gasteiger partial charge is 0.138 e. The Morgan fingerprint density at radius 2 is 2.25 bits per heavy atom. The predicted octanol–water partition coefficient (Wildman–Crippen LogP) is 1.60. The van der Waals surface area contributed by atoms with Crippen molar-refractivity contribution >= 4 is 11.6 Å². The molecular weight excluding hydrogens is 230 g/mol. The maximum atomic E-state index is 9.38. The van der Waals surface area contributed by atoms with Gasteiger partial charge in [-0.2, -0.15) is 5.26 Å². The van der Waals surface area contributed by atoms with Crippen LogP contribution in [0.4, 0.5) is 0 Å². The molecule has 1 aromatic rings. The zero-order valence-electron chi connectivity index (χ0n) is 8.81. The fourth-order valence-electron chi connectivity index (χ4n) is 1.16. The SMILES string of the molecule is COCC(O)COc1cccc(Cl)c1C#N. The van der Waals surface area contributed by atoms with Crippen LogP contribution in [0.5, 0.6) is 5.75 Å². The van der Waals surface area contributed by atoms with Crippen LogP contribution >= 0.6 is 11.6 Å². The lowest BCUT2D eigenvalue weighted by atomic mass is 10.2. The van der Waals surface area contributed by atoms with Crippen molar-refractivity contribution in [3.63, 3.8) is 0 Å². The molecule has 0 aromatic heterocycles. The zero-order valence-corrected chi connectivity index (χ0v) is 9.57. The van der Waals surface area contributed by atoms with Gasteiger partial charge in [-0.3, -0.25) is 0 Å². The average Bonchev–Trinajstić information content (AvgIpc) is 2.27. The first-order chi connectivity index (χ1) is 7.69. The lowest BCUT2D eigenvalue weighted by Gasteiger charge is -2.12. The van der Waals surface area contributed by atoms with Crippen molar-refractivity contribution in [1.29, 1.82) is 5.26 Å². The van der Waals surface area contributed by atoms with E-state index in [1.165, 1.54) is 7.11 Å². The first kappa shape index (κ1) is 12.8. The third kappa shape index (κ3) is 3.38. The van der Waals surface area contributed by atoms with Gasteiger partial charge in [0.1, 0.15) is 30.1 Å². The molecule has 0 fully saturated rings. The van der Waals surface area contributed by atoms with Crippen LogP contribution in [0.3, 0.4) is 0 Å². The Bertz CT molecular complexity index is 389. The molecule has 0 amide bonds. The van der Waals surface area contributed by atoms with Crippen LogP contribution in [0.25, 0.3) is 0 Å². The number of benzene rings is 1. The van der Waals surface area contributed by atoms with E-state index in [0.29, 0.717) is 10.8 Å². The van der Waals surface area contributed by atoms with Gasteiger partial charge in [0.05, 0.1) is 11.6 Å². The molecule has 5 heteroatoms. The fourth-order valence-corrected chi connectivity index (χ4v) is 1.37. The highest BCUT2D eigenvalue weighted by molar-refractivity contribution is 6.31. The summed E-state index contributed by atoms with van der Waals surface area (Å²) in [5.74, 6) is 0.366. The van der Waals surface area contributed by atoms with E-state index in [0.717, 1.165) is 0 Å². The number of hydrogen-bond acceptors (Lipinski definition) is 4. The van der Waals surface area contributed by atoms with E-state index in [1.54, 1.807) is 18.2 Å². The molecule has 1 unspecified atom stereocenters. The van der Waals surface area contributed by atoms with Gasteiger partial charge in [0.15, 0.2) is 0 Å². The fraction of sp³-hybridized carbons (Fsp3) is 0.364. The normalized spacial score (nSPS) is 11.9. The molecule has 0 saturated heterocycles. The average molecular weight is 242 g/mol. The Hall–Kier alpha value is -1.28. The third-order valence-corrected chi connectivity index (χ3v) is 2.19. The van der Waals surface area contributed by atoms with Gasteiger partial charge in [-0.05, 0) is 12.1 Å². The minimum Gasteiger partial charge on any atom is -0.489 e. The van der Waals surface area contributed by atoms with E-state index < -0.39 is 6.10 Å². The van der Waals surface area contributed by atoms with Gasteiger partial charge in [0.2, 0.25) is 0 Å². The molecule has 0 aliphatic carbocycles. The molecule has 0 radical (unpaired) electrons. The first-order valence-electron chi connectivity index (χ1n) is 4.67. The second-order valence-electron chi connectivity index (χ2n) is 3.14. The molecule has 1 aromatic carbocycles. The molecule has 1 N–H and O–H groups in total. The predicted molar refractivity (Wildman–Crippen MR) is 59.5 cm³/mol. The van der Waals surface area contributed by atoms with Gasteiger partial charge in [-0.25, -0.2) is 0 Å². The number of rotatable bonds is 5. The molecule has 1 atom stereocenters. The summed E-state index contributed by atoms with van der Waals surface area (Å²) in [5.41, 5.74) is 0.272. The second-order valence-corrected chi connectivity index (χ2v) is 3.55. The van der Waals surface area contributed by atoms with Crippen molar-refractivity contribution in [2.75, 3.05) is 20.3 Å². The van der Waals surface area contributed by atoms with E-state index in [-0.39, 0.29) is 18.8 Å². The van der Waals surface area contributed by atoms with Gasteiger partial charge in [0.25, 0.3) is 0 Å². The number of aliphatic hydroxyl groups is 1. The minimum absolute atomic E-state index is 0.0584. The van der Waals surface area contributed by atoms with Gasteiger partial charge >= 0.3 is 0 Å². The summed E-state index contributed by atoms with van der Waals surface area (Å²) in [4.78, 5) is 0. The quantitative estimate of drug-likeness (QED) is 0.851. The number of halogens is 1. The van der Waals surface area contributed by atoms with Crippen LogP contribution < -0.4 is 4.74 Å². The number of hydrogen-bond donors (Lipinski definition) is 1. The van der Waals surface area contributed by atoms with Crippen molar-refractivity contribution < 1.29 is 14.6 Å². The van der Waals surface area contributed by atoms with E-state index in [4.69, 9.17) is 26.3 Å². The molecule has 0 heterocycles. The summed E-state index contributed by atoms with van der Waals surface area (Å²) >= 11 is 5.82. The number of nitrogens with zero attached hydrogens (tertiary/aromatic N) is 1. The molecule has 86 valence electrons. The molecule has 0 saturated carbocycles. The number of nitriles is 1. The molecule has 0 aliphatic heterocycles. The molecule has 4 nitrogen and oxygen atoms in total. The number of methoxy groups -OCH3 is 1. The molecule has 0 aliphatic rings. The third-order valence-electron chi connectivity index (χ3n) is 1.88. The lowest BCUT2D eigenvalue weighted by Crippen LogP contribution is -2.22. The Kier molecular flexibility index (Phi) is 5.06. The standard InChI is InChI=1S/C11H12ClNO3/c1-15-6-8(14)7-16-11-4-2-3-10(12)9(11)5-13/h2-4,8,14H,6-7H2,1H3. The van der Waals surface area contributed by atoms with Crippen molar-refractivity contribution in [3.05, 3.63) is 28.8 Å². The van der Waals surface area contributed by atoms with Crippen LogP contribution in [0.1, 0.15) is 5.56 Å². The van der Waals surface area contributed by atoms with Gasteiger partial charge in [-0.15, -0.1) is 0 Å². The maximum absolute atomic E-state index is 9.38. The van der Waals surface area contributed by atoms with E-state index in [2.05, 4.69) is 0 Å². The van der Waals surface area contributed by atoms with Crippen molar-refractivity contribution in [1.82, 2.24) is 0 Å². The molecule has 16 heavy (non-hydrogen) atoms. The highest BCUT2D eigenvalue weighted by Crippen LogP contribution is 2.25. The zero-order chi connectivity index (χ0) is 12.0. The van der Waals surface area contributed by atoms with E-state index in [1.807, 2.05) is 6.07 Å². The highest BCUT2D eigenvalue weighted by atomic mass is 35.5. The second kappa shape index (κ2) is 6.33. The Balaban J connectivity index is 2.67. The van der Waals surface area contributed by atoms with Crippen LogP contribution in [-0.4, -0.2) is 31.5 Å². The van der Waals surface area contributed by atoms with Gasteiger partial charge < -0.3 is 14.6 Å². The van der Waals surface area contributed by atoms with Crippen LogP contribution in [0.15, 0.2) is 18.2 Å². The Labute approximate surface area is 99.0 Å². The Morgan fingerprint density at radius 1 is 1.50 bits per heavy atom. The summed E-state index contributed by atoms with van der Waals surface area (Å²) in [7, 11) is 1.49. The summed E-state index contributed by atoms with van der Waals surface area (Å²) in [6.07, 6.45) is -0.726. The molecular formula is C11H12ClNO3. The van der Waals surface area contributed by atoms with Crippen LogP contribution in [-0.2, 0) is 4.74 Å². The van der Waals surface area contributed by atoms with E-state index in [9.17, 15) is 5.11 Å². The molecule has 0 spiro atoms. The van der Waals surface area contributed by atoms with E-state index >= 15 is 0 Å². The van der Waals surface area contributed by atoms with Crippen LogP contribution in [0.2, 0.25) is 5.02 Å². The summed E-state index contributed by atoms with van der Waals surface area (Å²) in [5, 5.41) is 18.6. The molecule has 1 rings (SSSR count). The Morgan fingerprint density at radius 3 is 2.88 bits per heavy atom. The molecule has 0 bridgehead atoms. The van der Waals surface area contributed by atoms with Crippen molar-refractivity contribution in [2.45, 2.75) is 6.10 Å². The number of aliphatic hydroxyl groups excluding tert-OH is 1.